The van der Waals surface area contributed by atoms with E-state index >= 15 is 0 Å². The van der Waals surface area contributed by atoms with E-state index in [0.29, 0.717) is 25.3 Å². The van der Waals surface area contributed by atoms with Crippen LogP contribution in [0.15, 0.2) is 52.9 Å². The van der Waals surface area contributed by atoms with Crippen LogP contribution in [0, 0.1) is 0 Å². The lowest BCUT2D eigenvalue weighted by Crippen LogP contribution is -2.40. The zero-order chi connectivity index (χ0) is 19.7. The van der Waals surface area contributed by atoms with Crippen LogP contribution in [0.2, 0.25) is 0 Å². The third-order valence-electron chi connectivity index (χ3n) is 5.03. The summed E-state index contributed by atoms with van der Waals surface area (Å²) in [5, 5.41) is 7.98. The Morgan fingerprint density at radius 3 is 2.64 bits per heavy atom. The molecule has 0 saturated heterocycles. The summed E-state index contributed by atoms with van der Waals surface area (Å²) in [6, 6.07) is 13.7. The van der Waals surface area contributed by atoms with Crippen molar-refractivity contribution in [1.29, 1.82) is 0 Å². The predicted molar refractivity (Wildman–Crippen MR) is 112 cm³/mol. The molecule has 6 nitrogen and oxygen atoms in total. The van der Waals surface area contributed by atoms with Crippen LogP contribution in [-0.4, -0.2) is 51.6 Å². The first-order valence-corrected chi connectivity index (χ1v) is 10.3. The van der Waals surface area contributed by atoms with Crippen LogP contribution < -0.4 is 0 Å². The van der Waals surface area contributed by atoms with Gasteiger partial charge in [-0.3, -0.25) is 9.59 Å². The first-order valence-electron chi connectivity index (χ1n) is 9.41. The first kappa shape index (κ1) is 18.4. The summed E-state index contributed by atoms with van der Waals surface area (Å²) in [7, 11) is 0. The Morgan fingerprint density at radius 1 is 1.18 bits per heavy atom. The van der Waals surface area contributed by atoms with Gasteiger partial charge in [-0.15, -0.1) is 11.3 Å². The zero-order valence-corrected chi connectivity index (χ0v) is 16.8. The van der Waals surface area contributed by atoms with E-state index < -0.39 is 0 Å². The molecule has 144 valence electrons. The summed E-state index contributed by atoms with van der Waals surface area (Å²) in [6.45, 7) is 5.52. The van der Waals surface area contributed by atoms with Crippen molar-refractivity contribution in [3.63, 3.8) is 0 Å². The SMILES string of the molecule is CCN(CC)C(=O)CN1N=C(c2ccccc2)Cn2c(cc3sccc32)C1=O. The maximum Gasteiger partial charge on any atom is 0.291 e. The smallest absolute Gasteiger partial charge is 0.291 e. The second-order valence-electron chi connectivity index (χ2n) is 6.63. The van der Waals surface area contributed by atoms with E-state index in [4.69, 9.17) is 0 Å². The Kier molecular flexibility index (Phi) is 5.00. The van der Waals surface area contributed by atoms with E-state index in [1.165, 1.54) is 5.01 Å². The highest BCUT2D eigenvalue weighted by atomic mass is 32.1. The van der Waals surface area contributed by atoms with Crippen molar-refractivity contribution in [1.82, 2.24) is 14.5 Å². The molecule has 1 aromatic carbocycles. The third-order valence-corrected chi connectivity index (χ3v) is 5.89. The maximum atomic E-state index is 13.2. The molecule has 0 atom stereocenters. The number of hydrogen-bond acceptors (Lipinski definition) is 4. The van der Waals surface area contributed by atoms with Crippen molar-refractivity contribution in [2.45, 2.75) is 20.4 Å². The van der Waals surface area contributed by atoms with Gasteiger partial charge in [0.1, 0.15) is 12.2 Å². The summed E-state index contributed by atoms with van der Waals surface area (Å²) in [5.74, 6) is -0.342. The third kappa shape index (κ3) is 3.22. The number of benzene rings is 1. The van der Waals surface area contributed by atoms with Crippen LogP contribution in [0.4, 0.5) is 0 Å². The fraction of sp³-hybridized carbons (Fsp3) is 0.286. The van der Waals surface area contributed by atoms with E-state index in [1.54, 1.807) is 16.2 Å². The second kappa shape index (κ2) is 7.59. The van der Waals surface area contributed by atoms with Crippen LogP contribution in [0.1, 0.15) is 29.9 Å². The van der Waals surface area contributed by atoms with Gasteiger partial charge in [0.2, 0.25) is 5.91 Å². The molecular weight excluding hydrogens is 372 g/mol. The fourth-order valence-corrected chi connectivity index (χ4v) is 4.34. The number of carbonyl (C=O) groups excluding carboxylic acids is 2. The molecule has 0 N–H and O–H groups in total. The van der Waals surface area contributed by atoms with Crippen molar-refractivity contribution in [2.24, 2.45) is 5.10 Å². The molecule has 7 heteroatoms. The van der Waals surface area contributed by atoms with Crippen molar-refractivity contribution in [3.8, 4) is 0 Å². The number of carbonyl (C=O) groups is 2. The lowest BCUT2D eigenvalue weighted by atomic mass is 10.1. The van der Waals surface area contributed by atoms with Crippen molar-refractivity contribution < 1.29 is 9.59 Å². The van der Waals surface area contributed by atoms with Crippen LogP contribution in [0.5, 0.6) is 0 Å². The first-order chi connectivity index (χ1) is 13.6. The Hall–Kier alpha value is -2.93. The van der Waals surface area contributed by atoms with E-state index in [9.17, 15) is 9.59 Å². The number of thiophene rings is 1. The molecule has 0 saturated carbocycles. The number of hydrogen-bond donors (Lipinski definition) is 0. The molecular formula is C21H22N4O2S. The van der Waals surface area contributed by atoms with Crippen molar-refractivity contribution in [2.75, 3.05) is 19.6 Å². The van der Waals surface area contributed by atoms with Crippen LogP contribution in [0.3, 0.4) is 0 Å². The molecule has 0 spiro atoms. The number of likely N-dealkylation sites (N-methyl/N-ethyl adjacent to an activating group) is 1. The standard InChI is InChI=1S/C21H22N4O2S/c1-3-23(4-2)20(26)14-25-21(27)18-12-19-17(10-11-28-19)24(18)13-16(22-25)15-8-6-5-7-9-15/h5-12H,3-4,13-14H2,1-2H3. The number of amides is 2. The lowest BCUT2D eigenvalue weighted by Gasteiger charge is -2.22. The average Bonchev–Trinajstić information content (AvgIpc) is 3.27. The van der Waals surface area contributed by atoms with E-state index in [1.807, 2.05) is 66.3 Å². The molecule has 1 aliphatic rings. The molecule has 2 amide bonds. The molecule has 28 heavy (non-hydrogen) atoms. The fourth-order valence-electron chi connectivity index (χ4n) is 3.52. The van der Waals surface area contributed by atoms with Crippen molar-refractivity contribution in [3.05, 3.63) is 59.1 Å². The number of nitrogens with zero attached hydrogens (tertiary/aromatic N) is 4. The quantitative estimate of drug-likeness (QED) is 0.666. The van der Waals surface area contributed by atoms with Gasteiger partial charge in [-0.1, -0.05) is 30.3 Å². The van der Waals surface area contributed by atoms with Gasteiger partial charge in [0.05, 0.1) is 22.5 Å². The maximum absolute atomic E-state index is 13.2. The van der Waals surface area contributed by atoms with Crippen LogP contribution in [0.25, 0.3) is 10.2 Å². The van der Waals surface area contributed by atoms with Crippen LogP contribution in [-0.2, 0) is 11.3 Å². The summed E-state index contributed by atoms with van der Waals surface area (Å²) in [4.78, 5) is 27.6. The minimum Gasteiger partial charge on any atom is -0.342 e. The Balaban J connectivity index is 1.78. The van der Waals surface area contributed by atoms with Gasteiger partial charge in [-0.05, 0) is 36.9 Å². The monoisotopic (exact) mass is 394 g/mol. The van der Waals surface area contributed by atoms with Gasteiger partial charge in [0.15, 0.2) is 0 Å². The topological polar surface area (TPSA) is 57.9 Å². The highest BCUT2D eigenvalue weighted by Crippen LogP contribution is 2.28. The van der Waals surface area contributed by atoms with Gasteiger partial charge in [0, 0.05) is 13.1 Å². The highest BCUT2D eigenvalue weighted by molar-refractivity contribution is 7.17. The second-order valence-corrected chi connectivity index (χ2v) is 7.58. The van der Waals surface area contributed by atoms with E-state index in [0.717, 1.165) is 21.5 Å². The molecule has 2 aromatic heterocycles. The Bertz CT molecular complexity index is 1050. The average molecular weight is 395 g/mol. The Labute approximate surface area is 167 Å². The molecule has 0 aliphatic carbocycles. The van der Waals surface area contributed by atoms with Gasteiger partial charge >= 0.3 is 0 Å². The number of rotatable bonds is 5. The van der Waals surface area contributed by atoms with Crippen LogP contribution >= 0.6 is 11.3 Å². The predicted octanol–water partition coefficient (Wildman–Crippen LogP) is 3.43. The number of aromatic nitrogens is 1. The summed E-state index contributed by atoms with van der Waals surface area (Å²) in [6.07, 6.45) is 0. The Morgan fingerprint density at radius 2 is 1.93 bits per heavy atom. The van der Waals surface area contributed by atoms with E-state index in [2.05, 4.69) is 5.10 Å². The molecule has 1 aliphatic heterocycles. The molecule has 4 rings (SSSR count). The van der Waals surface area contributed by atoms with E-state index in [-0.39, 0.29) is 18.4 Å². The summed E-state index contributed by atoms with van der Waals surface area (Å²) < 4.78 is 3.06. The minimum atomic E-state index is -0.241. The molecule has 0 unspecified atom stereocenters. The molecule has 3 heterocycles. The number of fused-ring (bicyclic) bond motifs is 3. The molecule has 0 bridgehead atoms. The highest BCUT2D eigenvalue weighted by Gasteiger charge is 2.29. The molecule has 3 aromatic rings. The van der Waals surface area contributed by atoms with Gasteiger partial charge < -0.3 is 9.47 Å². The minimum absolute atomic E-state index is 0.0598. The molecule has 0 fully saturated rings. The largest absolute Gasteiger partial charge is 0.342 e. The molecule has 0 radical (unpaired) electrons. The van der Waals surface area contributed by atoms with Gasteiger partial charge in [0.25, 0.3) is 5.91 Å². The van der Waals surface area contributed by atoms with Crippen molar-refractivity contribution >= 4 is 39.1 Å². The number of hydrazone groups is 1. The summed E-state index contributed by atoms with van der Waals surface area (Å²) >= 11 is 1.61. The summed E-state index contributed by atoms with van der Waals surface area (Å²) in [5.41, 5.74) is 3.31. The van der Waals surface area contributed by atoms with Gasteiger partial charge in [-0.25, -0.2) is 5.01 Å². The van der Waals surface area contributed by atoms with Gasteiger partial charge in [-0.2, -0.15) is 5.10 Å². The normalized spacial score (nSPS) is 14.0. The zero-order valence-electron chi connectivity index (χ0n) is 16.0. The lowest BCUT2D eigenvalue weighted by molar-refractivity contribution is -0.131.